The van der Waals surface area contributed by atoms with E-state index in [2.05, 4.69) is 9.82 Å². The number of hydrogen-bond acceptors (Lipinski definition) is 4. The number of halogens is 1. The van der Waals surface area contributed by atoms with Crippen LogP contribution in [0.1, 0.15) is 10.4 Å². The lowest BCUT2D eigenvalue weighted by atomic mass is 10.3. The SMILES string of the molecule is NC(=O)CONC(=O)c1cnccc1Cl. The van der Waals surface area contributed by atoms with Crippen LogP contribution in [0.4, 0.5) is 0 Å². The number of pyridine rings is 1. The van der Waals surface area contributed by atoms with Crippen molar-refractivity contribution < 1.29 is 14.4 Å². The molecule has 0 spiro atoms. The number of amides is 2. The van der Waals surface area contributed by atoms with Gasteiger partial charge >= 0.3 is 0 Å². The third-order valence-corrected chi connectivity index (χ3v) is 1.72. The van der Waals surface area contributed by atoms with Gasteiger partial charge in [-0.15, -0.1) is 0 Å². The zero-order valence-electron chi connectivity index (χ0n) is 7.57. The van der Waals surface area contributed by atoms with Crippen LogP contribution >= 0.6 is 11.6 Å². The standard InChI is InChI=1S/C8H8ClN3O3/c9-6-1-2-11-3-5(6)8(14)12-15-4-7(10)13/h1-3H,4H2,(H2,10,13)(H,12,14). The van der Waals surface area contributed by atoms with E-state index in [-0.39, 0.29) is 10.6 Å². The molecule has 1 aromatic heterocycles. The summed E-state index contributed by atoms with van der Waals surface area (Å²) in [6.45, 7) is -0.399. The van der Waals surface area contributed by atoms with Gasteiger partial charge in [-0.1, -0.05) is 11.6 Å². The number of aromatic nitrogens is 1. The van der Waals surface area contributed by atoms with Gasteiger partial charge < -0.3 is 5.73 Å². The van der Waals surface area contributed by atoms with Gasteiger partial charge in [-0.3, -0.25) is 19.4 Å². The number of carbonyl (C=O) groups is 2. The molecule has 0 unspecified atom stereocenters. The van der Waals surface area contributed by atoms with Gasteiger partial charge in [0.1, 0.15) is 0 Å². The first-order chi connectivity index (χ1) is 7.11. The van der Waals surface area contributed by atoms with Crippen LogP contribution in [0.2, 0.25) is 5.02 Å². The second-order valence-corrected chi connectivity index (χ2v) is 2.95. The van der Waals surface area contributed by atoms with Crippen molar-refractivity contribution in [2.45, 2.75) is 0 Å². The summed E-state index contributed by atoms with van der Waals surface area (Å²) in [4.78, 5) is 29.8. The number of carbonyl (C=O) groups excluding carboxylic acids is 2. The summed E-state index contributed by atoms with van der Waals surface area (Å²) in [5.41, 5.74) is 6.96. The Balaban J connectivity index is 2.54. The Morgan fingerprint density at radius 3 is 2.93 bits per heavy atom. The van der Waals surface area contributed by atoms with E-state index in [1.165, 1.54) is 18.5 Å². The summed E-state index contributed by atoms with van der Waals surface area (Å²) >= 11 is 5.71. The van der Waals surface area contributed by atoms with Crippen molar-refractivity contribution in [2.24, 2.45) is 5.73 Å². The normalized spacial score (nSPS) is 9.67. The van der Waals surface area contributed by atoms with E-state index in [1.54, 1.807) is 0 Å². The van der Waals surface area contributed by atoms with Gasteiger partial charge in [0.25, 0.3) is 5.91 Å². The van der Waals surface area contributed by atoms with Gasteiger partial charge in [0.2, 0.25) is 5.91 Å². The van der Waals surface area contributed by atoms with Crippen LogP contribution in [0.3, 0.4) is 0 Å². The van der Waals surface area contributed by atoms with Crippen molar-refractivity contribution in [1.29, 1.82) is 0 Å². The molecular weight excluding hydrogens is 222 g/mol. The first kappa shape index (κ1) is 11.4. The van der Waals surface area contributed by atoms with Crippen molar-refractivity contribution in [2.75, 3.05) is 6.61 Å². The second-order valence-electron chi connectivity index (χ2n) is 2.54. The molecule has 15 heavy (non-hydrogen) atoms. The van der Waals surface area contributed by atoms with E-state index < -0.39 is 18.4 Å². The van der Waals surface area contributed by atoms with Gasteiger partial charge in [-0.2, -0.15) is 0 Å². The molecule has 0 fully saturated rings. The maximum atomic E-state index is 11.3. The molecule has 6 nitrogen and oxygen atoms in total. The third-order valence-electron chi connectivity index (χ3n) is 1.39. The lowest BCUT2D eigenvalue weighted by molar-refractivity contribution is -0.124. The minimum absolute atomic E-state index is 0.156. The number of rotatable bonds is 4. The molecule has 0 bridgehead atoms. The molecule has 1 aromatic rings. The predicted molar refractivity (Wildman–Crippen MR) is 51.9 cm³/mol. The van der Waals surface area contributed by atoms with Crippen LogP contribution in [0, 0.1) is 0 Å². The van der Waals surface area contributed by atoms with Crippen LogP contribution in [-0.2, 0) is 9.63 Å². The van der Waals surface area contributed by atoms with Crippen LogP contribution in [0.25, 0.3) is 0 Å². The first-order valence-corrected chi connectivity index (χ1v) is 4.29. The average molecular weight is 230 g/mol. The second kappa shape index (κ2) is 5.28. The molecule has 0 aliphatic rings. The third kappa shape index (κ3) is 3.53. The fourth-order valence-electron chi connectivity index (χ4n) is 0.772. The maximum Gasteiger partial charge on any atom is 0.277 e. The Hall–Kier alpha value is -1.66. The number of primary amides is 1. The Labute approximate surface area is 90.3 Å². The Morgan fingerprint density at radius 1 is 1.60 bits per heavy atom. The van der Waals surface area contributed by atoms with E-state index >= 15 is 0 Å². The van der Waals surface area contributed by atoms with Crippen LogP contribution < -0.4 is 11.2 Å². The minimum atomic E-state index is -0.687. The quantitative estimate of drug-likeness (QED) is 0.704. The smallest absolute Gasteiger partial charge is 0.277 e. The van der Waals surface area contributed by atoms with Crippen molar-refractivity contribution in [3.63, 3.8) is 0 Å². The number of hydroxylamine groups is 1. The summed E-state index contributed by atoms with van der Waals surface area (Å²) in [6.07, 6.45) is 2.73. The van der Waals surface area contributed by atoms with E-state index in [4.69, 9.17) is 17.3 Å². The zero-order chi connectivity index (χ0) is 11.3. The highest BCUT2D eigenvalue weighted by molar-refractivity contribution is 6.33. The monoisotopic (exact) mass is 229 g/mol. The number of nitrogens with zero attached hydrogens (tertiary/aromatic N) is 1. The summed E-state index contributed by atoms with van der Waals surface area (Å²) in [7, 11) is 0. The van der Waals surface area contributed by atoms with E-state index in [1.807, 2.05) is 5.48 Å². The molecule has 0 radical (unpaired) electrons. The number of nitrogens with one attached hydrogen (secondary N) is 1. The molecule has 3 N–H and O–H groups in total. The fraction of sp³-hybridized carbons (Fsp3) is 0.125. The highest BCUT2D eigenvalue weighted by Crippen LogP contribution is 2.12. The molecule has 2 amide bonds. The molecule has 0 saturated heterocycles. The maximum absolute atomic E-state index is 11.3. The van der Waals surface area contributed by atoms with Crippen molar-refractivity contribution in [1.82, 2.24) is 10.5 Å². The van der Waals surface area contributed by atoms with Crippen LogP contribution in [0.5, 0.6) is 0 Å². The summed E-state index contributed by atoms with van der Waals surface area (Å²) in [6, 6.07) is 1.46. The van der Waals surface area contributed by atoms with Crippen LogP contribution in [0.15, 0.2) is 18.5 Å². The molecule has 80 valence electrons. The fourth-order valence-corrected chi connectivity index (χ4v) is 0.963. The van der Waals surface area contributed by atoms with Crippen LogP contribution in [-0.4, -0.2) is 23.4 Å². The summed E-state index contributed by atoms with van der Waals surface area (Å²) in [5, 5.41) is 0.241. The molecule has 0 saturated carbocycles. The van der Waals surface area contributed by atoms with Gasteiger partial charge in [0.15, 0.2) is 6.61 Å². The highest BCUT2D eigenvalue weighted by atomic mass is 35.5. The average Bonchev–Trinajstić information content (AvgIpc) is 2.17. The van der Waals surface area contributed by atoms with E-state index in [0.717, 1.165) is 0 Å². The lowest BCUT2D eigenvalue weighted by Crippen LogP contribution is -2.29. The highest BCUT2D eigenvalue weighted by Gasteiger charge is 2.10. The molecule has 0 aliphatic heterocycles. The lowest BCUT2D eigenvalue weighted by Gasteiger charge is -2.04. The van der Waals surface area contributed by atoms with Gasteiger partial charge in [-0.05, 0) is 6.07 Å². The summed E-state index contributed by atoms with van der Waals surface area (Å²) < 4.78 is 0. The molecule has 0 aromatic carbocycles. The first-order valence-electron chi connectivity index (χ1n) is 3.91. The van der Waals surface area contributed by atoms with Gasteiger partial charge in [-0.25, -0.2) is 5.48 Å². The molecular formula is C8H8ClN3O3. The minimum Gasteiger partial charge on any atom is -0.368 e. The molecule has 0 aliphatic carbocycles. The van der Waals surface area contributed by atoms with Crippen molar-refractivity contribution in [3.05, 3.63) is 29.0 Å². The molecule has 1 rings (SSSR count). The number of hydrogen-bond donors (Lipinski definition) is 2. The van der Waals surface area contributed by atoms with E-state index in [9.17, 15) is 9.59 Å². The van der Waals surface area contributed by atoms with Crippen molar-refractivity contribution >= 4 is 23.4 Å². The van der Waals surface area contributed by atoms with Crippen molar-refractivity contribution in [3.8, 4) is 0 Å². The summed E-state index contributed by atoms with van der Waals surface area (Å²) in [5.74, 6) is -1.28. The Kier molecular flexibility index (Phi) is 4.02. The Morgan fingerprint density at radius 2 is 2.33 bits per heavy atom. The van der Waals surface area contributed by atoms with E-state index in [0.29, 0.717) is 0 Å². The van der Waals surface area contributed by atoms with Gasteiger partial charge in [0, 0.05) is 12.4 Å². The predicted octanol–water partition coefficient (Wildman–Crippen LogP) is -0.118. The Bertz CT molecular complexity index is 383. The zero-order valence-corrected chi connectivity index (χ0v) is 8.32. The largest absolute Gasteiger partial charge is 0.368 e. The van der Waals surface area contributed by atoms with Gasteiger partial charge in [0.05, 0.1) is 10.6 Å². The molecule has 1 heterocycles. The molecule has 0 atom stereocenters. The number of nitrogens with two attached hydrogens (primary N) is 1. The molecule has 7 heteroatoms. The topological polar surface area (TPSA) is 94.3 Å².